The van der Waals surface area contributed by atoms with E-state index in [-0.39, 0.29) is 0 Å². The van der Waals surface area contributed by atoms with Crippen LogP contribution in [-0.2, 0) is 0 Å². The summed E-state index contributed by atoms with van der Waals surface area (Å²) >= 11 is 0. The first-order valence-corrected chi connectivity index (χ1v) is 7.41. The molecule has 1 aromatic carbocycles. The molecule has 0 radical (unpaired) electrons. The molecule has 0 spiro atoms. The van der Waals surface area contributed by atoms with Crippen LogP contribution in [0.3, 0.4) is 0 Å². The van der Waals surface area contributed by atoms with Gasteiger partial charge >= 0.3 is 0 Å². The first kappa shape index (κ1) is 14.3. The summed E-state index contributed by atoms with van der Waals surface area (Å²) in [5.74, 6) is 0.295. The van der Waals surface area contributed by atoms with Crippen molar-refractivity contribution in [3.8, 4) is 0 Å². The topological polar surface area (TPSA) is 84.1 Å². The van der Waals surface area contributed by atoms with Crippen molar-refractivity contribution in [1.29, 1.82) is 0 Å². The zero-order chi connectivity index (χ0) is 15.4. The summed E-state index contributed by atoms with van der Waals surface area (Å²) in [6, 6.07) is 9.66. The van der Waals surface area contributed by atoms with Gasteiger partial charge in [0.1, 0.15) is 0 Å². The third-order valence-electron chi connectivity index (χ3n) is 3.91. The summed E-state index contributed by atoms with van der Waals surface area (Å²) in [5.41, 5.74) is 6.93. The average molecular weight is 297 g/mol. The van der Waals surface area contributed by atoms with Gasteiger partial charge in [0.25, 0.3) is 0 Å². The van der Waals surface area contributed by atoms with E-state index < -0.39 is 5.91 Å². The minimum absolute atomic E-state index is 0.391. The highest BCUT2D eigenvalue weighted by Crippen LogP contribution is 2.21. The second kappa shape index (κ2) is 6.43. The minimum Gasteiger partial charge on any atom is -0.371 e. The Hall–Kier alpha value is -2.63. The Labute approximate surface area is 129 Å². The van der Waals surface area contributed by atoms with E-state index in [1.165, 1.54) is 0 Å². The van der Waals surface area contributed by atoms with Crippen molar-refractivity contribution in [2.45, 2.75) is 18.9 Å². The van der Waals surface area contributed by atoms with Gasteiger partial charge < -0.3 is 16.0 Å². The lowest BCUT2D eigenvalue weighted by Crippen LogP contribution is -2.39. The number of carbonyl (C=O) groups excluding carboxylic acids is 1. The van der Waals surface area contributed by atoms with Crippen LogP contribution in [0.5, 0.6) is 0 Å². The molecule has 6 nitrogen and oxygen atoms in total. The van der Waals surface area contributed by atoms with Crippen LogP contribution < -0.4 is 16.0 Å². The molecule has 6 heteroatoms. The average Bonchev–Trinajstić information content (AvgIpc) is 2.57. The number of nitrogens with one attached hydrogen (secondary N) is 1. The lowest BCUT2D eigenvalue weighted by Gasteiger charge is -2.34. The predicted molar refractivity (Wildman–Crippen MR) is 85.8 cm³/mol. The number of hydrogen-bond donors (Lipinski definition) is 2. The van der Waals surface area contributed by atoms with Crippen molar-refractivity contribution in [2.24, 2.45) is 5.73 Å². The summed E-state index contributed by atoms with van der Waals surface area (Å²) < 4.78 is 0. The fourth-order valence-electron chi connectivity index (χ4n) is 2.67. The first-order chi connectivity index (χ1) is 10.7. The lowest BCUT2D eigenvalue weighted by molar-refractivity contribution is 0.100. The van der Waals surface area contributed by atoms with Crippen molar-refractivity contribution in [3.05, 3.63) is 48.3 Å². The van der Waals surface area contributed by atoms with E-state index in [1.54, 1.807) is 24.5 Å². The smallest absolute Gasteiger partial charge is 0.248 e. The Morgan fingerprint density at radius 2 is 1.77 bits per heavy atom. The molecule has 0 saturated carbocycles. The van der Waals surface area contributed by atoms with Crippen molar-refractivity contribution < 1.29 is 4.79 Å². The third-order valence-corrected chi connectivity index (χ3v) is 3.91. The van der Waals surface area contributed by atoms with Crippen LogP contribution in [0.15, 0.2) is 42.7 Å². The highest BCUT2D eigenvalue weighted by molar-refractivity contribution is 5.93. The molecule has 1 fully saturated rings. The maximum atomic E-state index is 11.1. The Morgan fingerprint density at radius 3 is 2.36 bits per heavy atom. The molecule has 1 aliphatic rings. The van der Waals surface area contributed by atoms with Gasteiger partial charge in [-0.25, -0.2) is 9.97 Å². The van der Waals surface area contributed by atoms with Crippen molar-refractivity contribution >= 4 is 17.5 Å². The van der Waals surface area contributed by atoms with Crippen molar-refractivity contribution in [1.82, 2.24) is 9.97 Å². The molecule has 1 saturated heterocycles. The standard InChI is InChI=1S/C16H19N5O/c17-15(22)12-2-4-14(5-3-12)21-10-6-13(7-11-21)20-16-18-8-1-9-19-16/h1-5,8-9,13H,6-7,10-11H2,(H2,17,22)(H,18,19,20). The van der Waals surface area contributed by atoms with Gasteiger partial charge in [0.15, 0.2) is 0 Å². The molecule has 3 N–H and O–H groups in total. The van der Waals surface area contributed by atoms with E-state index in [0.29, 0.717) is 17.6 Å². The fraction of sp³-hybridized carbons (Fsp3) is 0.312. The van der Waals surface area contributed by atoms with Gasteiger partial charge in [-0.2, -0.15) is 0 Å². The van der Waals surface area contributed by atoms with E-state index in [0.717, 1.165) is 31.6 Å². The van der Waals surface area contributed by atoms with E-state index in [9.17, 15) is 4.79 Å². The Bertz CT molecular complexity index is 621. The number of nitrogens with zero attached hydrogens (tertiary/aromatic N) is 3. The summed E-state index contributed by atoms with van der Waals surface area (Å²) in [6.45, 7) is 1.92. The number of amides is 1. The Morgan fingerprint density at radius 1 is 1.14 bits per heavy atom. The summed E-state index contributed by atoms with van der Waals surface area (Å²) in [6.07, 6.45) is 5.53. The van der Waals surface area contributed by atoms with Gasteiger partial charge in [-0.15, -0.1) is 0 Å². The summed E-state index contributed by atoms with van der Waals surface area (Å²) in [7, 11) is 0. The second-order valence-corrected chi connectivity index (χ2v) is 5.39. The van der Waals surface area contributed by atoms with Gasteiger partial charge in [0, 0.05) is 42.8 Å². The molecule has 1 aromatic heterocycles. The van der Waals surface area contributed by atoms with E-state index in [2.05, 4.69) is 20.2 Å². The van der Waals surface area contributed by atoms with E-state index >= 15 is 0 Å². The highest BCUT2D eigenvalue weighted by Gasteiger charge is 2.20. The zero-order valence-electron chi connectivity index (χ0n) is 12.3. The van der Waals surface area contributed by atoms with E-state index in [4.69, 9.17) is 5.73 Å². The van der Waals surface area contributed by atoms with Crippen LogP contribution in [-0.4, -0.2) is 35.0 Å². The van der Waals surface area contributed by atoms with Gasteiger partial charge in [-0.3, -0.25) is 4.79 Å². The minimum atomic E-state index is -0.391. The predicted octanol–water partition coefficient (Wildman–Crippen LogP) is 1.66. The number of nitrogens with two attached hydrogens (primary N) is 1. The van der Waals surface area contributed by atoms with Crippen molar-refractivity contribution in [3.63, 3.8) is 0 Å². The number of anilines is 2. The maximum Gasteiger partial charge on any atom is 0.248 e. The van der Waals surface area contributed by atoms with Gasteiger partial charge in [-0.05, 0) is 43.2 Å². The van der Waals surface area contributed by atoms with Gasteiger partial charge in [-0.1, -0.05) is 0 Å². The lowest BCUT2D eigenvalue weighted by atomic mass is 10.0. The molecule has 1 aliphatic heterocycles. The van der Waals surface area contributed by atoms with Crippen LogP contribution in [0, 0.1) is 0 Å². The molecular formula is C16H19N5O. The molecule has 3 rings (SSSR count). The fourth-order valence-corrected chi connectivity index (χ4v) is 2.67. The number of primary amides is 1. The van der Waals surface area contributed by atoms with Gasteiger partial charge in [0.05, 0.1) is 0 Å². The van der Waals surface area contributed by atoms with Gasteiger partial charge in [0.2, 0.25) is 11.9 Å². The molecule has 0 bridgehead atoms. The molecule has 2 heterocycles. The largest absolute Gasteiger partial charge is 0.371 e. The number of aromatic nitrogens is 2. The molecule has 22 heavy (non-hydrogen) atoms. The van der Waals surface area contributed by atoms with Crippen LogP contribution in [0.2, 0.25) is 0 Å². The van der Waals surface area contributed by atoms with Crippen LogP contribution >= 0.6 is 0 Å². The summed E-state index contributed by atoms with van der Waals surface area (Å²) in [5, 5.41) is 3.37. The number of piperidine rings is 1. The Balaban J connectivity index is 1.56. The Kier molecular flexibility index (Phi) is 4.18. The molecule has 114 valence electrons. The summed E-state index contributed by atoms with van der Waals surface area (Å²) in [4.78, 5) is 21.8. The van der Waals surface area contributed by atoms with Crippen molar-refractivity contribution in [2.75, 3.05) is 23.3 Å². The highest BCUT2D eigenvalue weighted by atomic mass is 16.1. The monoisotopic (exact) mass is 297 g/mol. The zero-order valence-corrected chi connectivity index (χ0v) is 12.3. The van der Waals surface area contributed by atoms with E-state index in [1.807, 2.05) is 18.2 Å². The quantitative estimate of drug-likeness (QED) is 0.896. The molecule has 0 unspecified atom stereocenters. The normalized spacial score (nSPS) is 15.5. The number of benzene rings is 1. The second-order valence-electron chi connectivity index (χ2n) is 5.39. The first-order valence-electron chi connectivity index (χ1n) is 7.41. The maximum absolute atomic E-state index is 11.1. The number of hydrogen-bond acceptors (Lipinski definition) is 5. The van der Waals surface area contributed by atoms with Crippen LogP contribution in [0.25, 0.3) is 0 Å². The SMILES string of the molecule is NC(=O)c1ccc(N2CCC(Nc3ncccn3)CC2)cc1. The third kappa shape index (κ3) is 3.33. The molecule has 0 aliphatic carbocycles. The number of rotatable bonds is 4. The molecule has 1 amide bonds. The molecule has 2 aromatic rings. The number of carbonyl (C=O) groups is 1. The van der Waals surface area contributed by atoms with Crippen LogP contribution in [0.4, 0.5) is 11.6 Å². The molecule has 0 atom stereocenters. The molecular weight excluding hydrogens is 278 g/mol. The van der Waals surface area contributed by atoms with Crippen LogP contribution in [0.1, 0.15) is 23.2 Å².